The molecule has 3 aromatic rings. The largest absolute Gasteiger partial charge is 0.472 e. The van der Waals surface area contributed by atoms with Crippen LogP contribution in [-0.2, 0) is 0 Å². The molecule has 0 bridgehead atoms. The first-order valence-electron chi connectivity index (χ1n) is 5.92. The second-order valence-corrected chi connectivity index (χ2v) is 5.35. The minimum atomic E-state index is 0.168. The van der Waals surface area contributed by atoms with E-state index in [1.165, 1.54) is 21.9 Å². The van der Waals surface area contributed by atoms with Crippen LogP contribution in [0.4, 0.5) is 0 Å². The van der Waals surface area contributed by atoms with Gasteiger partial charge in [0.05, 0.1) is 17.4 Å². The lowest BCUT2D eigenvalue weighted by molar-refractivity contribution is 0.564. The molecule has 2 heteroatoms. The highest BCUT2D eigenvalue weighted by Crippen LogP contribution is 2.36. The van der Waals surface area contributed by atoms with E-state index in [2.05, 4.69) is 59.3 Å². The molecular formula is C16H13BrO. The molecule has 0 aliphatic rings. The van der Waals surface area contributed by atoms with Crippen LogP contribution in [0.15, 0.2) is 59.4 Å². The molecule has 0 spiro atoms. The van der Waals surface area contributed by atoms with Crippen molar-refractivity contribution in [3.05, 3.63) is 71.7 Å². The zero-order valence-corrected chi connectivity index (χ0v) is 11.6. The molecule has 0 saturated carbocycles. The fourth-order valence-corrected chi connectivity index (χ4v) is 2.95. The molecule has 18 heavy (non-hydrogen) atoms. The van der Waals surface area contributed by atoms with Gasteiger partial charge in [-0.3, -0.25) is 0 Å². The molecule has 0 radical (unpaired) electrons. The highest BCUT2D eigenvalue weighted by molar-refractivity contribution is 9.09. The summed E-state index contributed by atoms with van der Waals surface area (Å²) in [5.41, 5.74) is 3.72. The van der Waals surface area contributed by atoms with Gasteiger partial charge in [-0.05, 0) is 34.9 Å². The molecule has 2 aromatic carbocycles. The van der Waals surface area contributed by atoms with Gasteiger partial charge in [-0.15, -0.1) is 0 Å². The summed E-state index contributed by atoms with van der Waals surface area (Å²) in [4.78, 5) is 0.168. The summed E-state index contributed by atoms with van der Waals surface area (Å²) in [6.07, 6.45) is 3.49. The highest BCUT2D eigenvalue weighted by atomic mass is 79.9. The van der Waals surface area contributed by atoms with Crippen molar-refractivity contribution >= 4 is 26.7 Å². The van der Waals surface area contributed by atoms with Crippen LogP contribution in [0.2, 0.25) is 0 Å². The molecule has 0 N–H and O–H groups in total. The molecule has 0 amide bonds. The first-order valence-corrected chi connectivity index (χ1v) is 6.83. The quantitative estimate of drug-likeness (QED) is 0.591. The van der Waals surface area contributed by atoms with E-state index in [4.69, 9.17) is 4.42 Å². The lowest BCUT2D eigenvalue weighted by Crippen LogP contribution is -1.93. The Morgan fingerprint density at radius 3 is 2.50 bits per heavy atom. The van der Waals surface area contributed by atoms with Gasteiger partial charge >= 0.3 is 0 Å². The molecule has 3 rings (SSSR count). The summed E-state index contributed by atoms with van der Waals surface area (Å²) >= 11 is 3.76. The number of aryl methyl sites for hydroxylation is 1. The van der Waals surface area contributed by atoms with Gasteiger partial charge in [-0.2, -0.15) is 0 Å². The van der Waals surface area contributed by atoms with Gasteiger partial charge in [0.25, 0.3) is 0 Å². The Bertz CT molecular complexity index is 671. The van der Waals surface area contributed by atoms with Crippen molar-refractivity contribution in [3.8, 4) is 0 Å². The predicted octanol–water partition coefficient (Wildman–Crippen LogP) is 5.23. The van der Waals surface area contributed by atoms with E-state index < -0.39 is 0 Å². The summed E-state index contributed by atoms with van der Waals surface area (Å²) in [6.45, 7) is 2.15. The van der Waals surface area contributed by atoms with Crippen molar-refractivity contribution in [2.75, 3.05) is 0 Å². The molecule has 90 valence electrons. The number of hydrogen-bond donors (Lipinski definition) is 0. The lowest BCUT2D eigenvalue weighted by atomic mass is 9.97. The molecule has 1 aromatic heterocycles. The molecule has 0 fully saturated rings. The zero-order valence-electron chi connectivity index (χ0n) is 10.1. The van der Waals surface area contributed by atoms with E-state index in [1.807, 2.05) is 6.07 Å². The van der Waals surface area contributed by atoms with E-state index in [9.17, 15) is 0 Å². The van der Waals surface area contributed by atoms with E-state index in [-0.39, 0.29) is 4.83 Å². The molecule has 0 saturated heterocycles. The van der Waals surface area contributed by atoms with Crippen LogP contribution in [0.3, 0.4) is 0 Å². The summed E-state index contributed by atoms with van der Waals surface area (Å²) in [5, 5.41) is 2.60. The molecule has 1 heterocycles. The smallest absolute Gasteiger partial charge is 0.0949 e. The SMILES string of the molecule is Cc1ccc(C(Br)c2ccoc2)c2ccccc12. The fraction of sp³-hybridized carbons (Fsp3) is 0.125. The minimum absolute atomic E-state index is 0.168. The topological polar surface area (TPSA) is 13.1 Å². The summed E-state index contributed by atoms with van der Waals surface area (Å²) < 4.78 is 5.16. The molecular weight excluding hydrogens is 288 g/mol. The third kappa shape index (κ3) is 1.87. The van der Waals surface area contributed by atoms with Crippen LogP contribution in [-0.4, -0.2) is 0 Å². The first kappa shape index (κ1) is 11.5. The second-order valence-electron chi connectivity index (χ2n) is 4.44. The summed E-state index contributed by atoms with van der Waals surface area (Å²) in [6, 6.07) is 14.9. The Morgan fingerprint density at radius 2 is 1.78 bits per heavy atom. The van der Waals surface area contributed by atoms with Crippen LogP contribution in [0.25, 0.3) is 10.8 Å². The fourth-order valence-electron chi connectivity index (χ4n) is 2.29. The number of fused-ring (bicyclic) bond motifs is 1. The zero-order chi connectivity index (χ0) is 12.5. The van der Waals surface area contributed by atoms with Crippen LogP contribution in [0, 0.1) is 6.92 Å². The molecule has 1 atom stereocenters. The van der Waals surface area contributed by atoms with Crippen molar-refractivity contribution in [2.45, 2.75) is 11.8 Å². The van der Waals surface area contributed by atoms with Crippen molar-refractivity contribution in [1.29, 1.82) is 0 Å². The average molecular weight is 301 g/mol. The van der Waals surface area contributed by atoms with Crippen LogP contribution < -0.4 is 0 Å². The van der Waals surface area contributed by atoms with Gasteiger partial charge in [-0.1, -0.05) is 52.3 Å². The number of alkyl halides is 1. The van der Waals surface area contributed by atoms with Gasteiger partial charge in [0.15, 0.2) is 0 Å². The summed E-state index contributed by atoms with van der Waals surface area (Å²) in [5.74, 6) is 0. The van der Waals surface area contributed by atoms with Crippen molar-refractivity contribution in [1.82, 2.24) is 0 Å². The Balaban J connectivity index is 2.21. The maximum Gasteiger partial charge on any atom is 0.0949 e. The number of hydrogen-bond acceptors (Lipinski definition) is 1. The number of halogens is 1. The second kappa shape index (κ2) is 4.62. The Morgan fingerprint density at radius 1 is 1.00 bits per heavy atom. The third-order valence-corrected chi connectivity index (χ3v) is 4.31. The van der Waals surface area contributed by atoms with Crippen molar-refractivity contribution in [2.24, 2.45) is 0 Å². The third-order valence-electron chi connectivity index (χ3n) is 3.28. The van der Waals surface area contributed by atoms with Crippen LogP contribution >= 0.6 is 15.9 Å². The average Bonchev–Trinajstić information content (AvgIpc) is 2.93. The maximum absolute atomic E-state index is 5.16. The van der Waals surface area contributed by atoms with Crippen molar-refractivity contribution in [3.63, 3.8) is 0 Å². The number of furan rings is 1. The van der Waals surface area contributed by atoms with Gasteiger partial charge in [-0.25, -0.2) is 0 Å². The van der Waals surface area contributed by atoms with E-state index in [0.717, 1.165) is 5.56 Å². The lowest BCUT2D eigenvalue weighted by Gasteiger charge is -2.13. The van der Waals surface area contributed by atoms with Crippen molar-refractivity contribution < 1.29 is 4.42 Å². The standard InChI is InChI=1S/C16H13BrO/c1-11-6-7-15(14-5-3-2-4-13(11)14)16(17)12-8-9-18-10-12/h2-10,16H,1H3. The van der Waals surface area contributed by atoms with E-state index in [0.29, 0.717) is 0 Å². The van der Waals surface area contributed by atoms with Crippen LogP contribution in [0.5, 0.6) is 0 Å². The molecule has 0 aliphatic heterocycles. The first-order chi connectivity index (χ1) is 8.77. The Labute approximate surface area is 115 Å². The molecule has 1 unspecified atom stereocenters. The van der Waals surface area contributed by atoms with Gasteiger partial charge in [0.1, 0.15) is 0 Å². The molecule has 0 aliphatic carbocycles. The Kier molecular flexibility index (Phi) is 2.96. The van der Waals surface area contributed by atoms with Gasteiger partial charge in [0, 0.05) is 5.56 Å². The van der Waals surface area contributed by atoms with Gasteiger partial charge in [0.2, 0.25) is 0 Å². The minimum Gasteiger partial charge on any atom is -0.472 e. The number of benzene rings is 2. The van der Waals surface area contributed by atoms with Crippen LogP contribution in [0.1, 0.15) is 21.5 Å². The maximum atomic E-state index is 5.16. The monoisotopic (exact) mass is 300 g/mol. The normalized spacial score (nSPS) is 12.8. The molecule has 1 nitrogen and oxygen atoms in total. The Hall–Kier alpha value is -1.54. The highest BCUT2D eigenvalue weighted by Gasteiger charge is 2.14. The summed E-state index contributed by atoms with van der Waals surface area (Å²) in [7, 11) is 0. The van der Waals surface area contributed by atoms with Gasteiger partial charge < -0.3 is 4.42 Å². The number of rotatable bonds is 2. The van der Waals surface area contributed by atoms with E-state index in [1.54, 1.807) is 12.5 Å². The van der Waals surface area contributed by atoms with E-state index >= 15 is 0 Å². The predicted molar refractivity (Wildman–Crippen MR) is 78.2 cm³/mol.